The van der Waals surface area contributed by atoms with Crippen molar-refractivity contribution in [3.05, 3.63) is 0 Å². The van der Waals surface area contributed by atoms with Gasteiger partial charge in [-0.2, -0.15) is 21.6 Å². The predicted molar refractivity (Wildman–Crippen MR) is 74.1 cm³/mol. The first-order chi connectivity index (χ1) is 8.80. The lowest BCUT2D eigenvalue weighted by Gasteiger charge is -2.45. The van der Waals surface area contributed by atoms with Crippen LogP contribution in [0.4, 0.5) is 13.2 Å². The molecule has 0 radical (unpaired) electrons. The van der Waals surface area contributed by atoms with E-state index in [9.17, 15) is 26.4 Å². The molecule has 0 amide bonds. The van der Waals surface area contributed by atoms with E-state index >= 15 is 0 Å². The number of ketones is 1. The van der Waals surface area contributed by atoms with E-state index in [1.165, 1.54) is 0 Å². The topological polar surface area (TPSA) is 60.4 Å². The molecule has 0 saturated heterocycles. The first kappa shape index (κ1) is 19.7. The molecule has 0 bridgehead atoms. The highest BCUT2D eigenvalue weighted by molar-refractivity contribution is 8.34. The Morgan fingerprint density at radius 3 is 1.75 bits per heavy atom. The molecule has 0 saturated carbocycles. The SMILES string of the molecule is CCC(=O)CS(OS(=O)(=O)C(F)(F)F)(C(C)C)C(C)C. The number of rotatable bonds is 7. The van der Waals surface area contributed by atoms with Crippen LogP contribution in [0.5, 0.6) is 0 Å². The van der Waals surface area contributed by atoms with Crippen molar-refractivity contribution in [3.63, 3.8) is 0 Å². The predicted octanol–water partition coefficient (Wildman–Crippen LogP) is 3.37. The molecule has 0 N–H and O–H groups in total. The van der Waals surface area contributed by atoms with Crippen molar-refractivity contribution in [1.82, 2.24) is 0 Å². The fraction of sp³-hybridized carbons (Fsp3) is 0.909. The molecule has 0 aliphatic carbocycles. The summed E-state index contributed by atoms with van der Waals surface area (Å²) in [6.07, 6.45) is 0.129. The number of halogens is 3. The summed E-state index contributed by atoms with van der Waals surface area (Å²) in [6, 6.07) is 0. The van der Waals surface area contributed by atoms with Crippen LogP contribution in [0.3, 0.4) is 0 Å². The largest absolute Gasteiger partial charge is 0.523 e. The Kier molecular flexibility index (Phi) is 6.56. The number of carbonyl (C=O) groups is 1. The zero-order chi connectivity index (χ0) is 16.4. The smallest absolute Gasteiger partial charge is 0.299 e. The Hall–Kier alpha value is -0.280. The van der Waals surface area contributed by atoms with Gasteiger partial charge in [0.05, 0.1) is 5.75 Å². The van der Waals surface area contributed by atoms with Crippen LogP contribution < -0.4 is 0 Å². The van der Waals surface area contributed by atoms with Crippen molar-refractivity contribution >= 4 is 26.2 Å². The molecule has 0 aromatic heterocycles. The first-order valence-electron chi connectivity index (χ1n) is 6.13. The van der Waals surface area contributed by atoms with E-state index in [2.05, 4.69) is 3.63 Å². The Balaban J connectivity index is 5.72. The molecule has 20 heavy (non-hydrogen) atoms. The van der Waals surface area contributed by atoms with Crippen molar-refractivity contribution < 1.29 is 30.0 Å². The fourth-order valence-corrected chi connectivity index (χ4v) is 7.17. The van der Waals surface area contributed by atoms with E-state index in [0.717, 1.165) is 0 Å². The van der Waals surface area contributed by atoms with Crippen molar-refractivity contribution in [2.75, 3.05) is 5.75 Å². The standard InChI is InChI=1S/C11H21F3O4S2/c1-6-10(15)7-19(8(2)3,9(4)5)18-20(16,17)11(12,13)14/h8-9H,6-7H2,1-5H3. The molecule has 122 valence electrons. The summed E-state index contributed by atoms with van der Waals surface area (Å²) in [5.74, 6) is -0.589. The lowest BCUT2D eigenvalue weighted by molar-refractivity contribution is -0.116. The molecule has 0 heterocycles. The van der Waals surface area contributed by atoms with Crippen molar-refractivity contribution in [1.29, 1.82) is 0 Å². The van der Waals surface area contributed by atoms with Crippen LogP contribution >= 0.6 is 10.3 Å². The molecule has 0 aromatic carbocycles. The summed E-state index contributed by atoms with van der Waals surface area (Å²) in [7, 11) is -8.45. The molecule has 0 rings (SSSR count). The monoisotopic (exact) mass is 338 g/mol. The average Bonchev–Trinajstić information content (AvgIpc) is 2.25. The molecule has 0 aromatic rings. The van der Waals surface area contributed by atoms with Crippen LogP contribution in [-0.2, 0) is 18.5 Å². The number of hydrogen-bond donors (Lipinski definition) is 0. The van der Waals surface area contributed by atoms with E-state index in [1.54, 1.807) is 34.6 Å². The second-order valence-electron chi connectivity index (χ2n) is 4.88. The Labute approximate surface area is 119 Å². The minimum Gasteiger partial charge on any atom is -0.299 e. The van der Waals surface area contributed by atoms with Gasteiger partial charge in [0, 0.05) is 16.9 Å². The van der Waals surface area contributed by atoms with Gasteiger partial charge in [0.2, 0.25) is 0 Å². The maximum absolute atomic E-state index is 12.5. The highest BCUT2D eigenvalue weighted by atomic mass is 32.3. The van der Waals surface area contributed by atoms with E-state index in [1.807, 2.05) is 0 Å². The maximum Gasteiger partial charge on any atom is 0.523 e. The zero-order valence-corrected chi connectivity index (χ0v) is 13.8. The molecule has 0 aliphatic heterocycles. The van der Waals surface area contributed by atoms with Crippen molar-refractivity contribution in [3.8, 4) is 0 Å². The summed E-state index contributed by atoms with van der Waals surface area (Å²) >= 11 is 0. The molecule has 9 heteroatoms. The number of hydrogen-bond acceptors (Lipinski definition) is 4. The minimum absolute atomic E-state index is 0.129. The van der Waals surface area contributed by atoms with Gasteiger partial charge in [0.1, 0.15) is 5.78 Å². The number of carbonyl (C=O) groups excluding carboxylic acids is 1. The third kappa shape index (κ3) is 4.36. The third-order valence-electron chi connectivity index (χ3n) is 2.88. The molecule has 0 unspecified atom stereocenters. The summed E-state index contributed by atoms with van der Waals surface area (Å²) in [5.41, 5.74) is -5.48. The van der Waals surface area contributed by atoms with Gasteiger partial charge in [-0.25, -0.2) is 3.63 Å². The van der Waals surface area contributed by atoms with Gasteiger partial charge in [-0.1, -0.05) is 34.6 Å². The average molecular weight is 338 g/mol. The van der Waals surface area contributed by atoms with Gasteiger partial charge in [0.25, 0.3) is 0 Å². The van der Waals surface area contributed by atoms with E-state index in [4.69, 9.17) is 0 Å². The van der Waals surface area contributed by atoms with Gasteiger partial charge in [-0.15, -0.1) is 10.3 Å². The highest BCUT2D eigenvalue weighted by Gasteiger charge is 2.52. The van der Waals surface area contributed by atoms with Gasteiger partial charge < -0.3 is 0 Å². The van der Waals surface area contributed by atoms with Gasteiger partial charge in [0.15, 0.2) is 0 Å². The highest BCUT2D eigenvalue weighted by Crippen LogP contribution is 2.60. The summed E-state index contributed by atoms with van der Waals surface area (Å²) in [4.78, 5) is 11.6. The van der Waals surface area contributed by atoms with Gasteiger partial charge >= 0.3 is 15.6 Å². The van der Waals surface area contributed by atoms with E-state index in [0.29, 0.717) is 0 Å². The molecule has 0 spiro atoms. The molecular formula is C11H21F3O4S2. The molecular weight excluding hydrogens is 317 g/mol. The van der Waals surface area contributed by atoms with Gasteiger partial charge in [-0.3, -0.25) is 4.79 Å². The van der Waals surface area contributed by atoms with Crippen LogP contribution in [0.2, 0.25) is 0 Å². The van der Waals surface area contributed by atoms with Crippen LogP contribution in [-0.4, -0.2) is 36.0 Å². The molecule has 4 nitrogen and oxygen atoms in total. The van der Waals surface area contributed by atoms with Crippen molar-refractivity contribution in [2.24, 2.45) is 0 Å². The first-order valence-corrected chi connectivity index (χ1v) is 9.39. The van der Waals surface area contributed by atoms with E-state index in [-0.39, 0.29) is 18.0 Å². The number of alkyl halides is 3. The van der Waals surface area contributed by atoms with Crippen LogP contribution in [0, 0.1) is 0 Å². The van der Waals surface area contributed by atoms with Crippen molar-refractivity contribution in [2.45, 2.75) is 57.0 Å². The van der Waals surface area contributed by atoms with Crippen LogP contribution in [0.1, 0.15) is 41.0 Å². The lowest BCUT2D eigenvalue weighted by atomic mass is 10.4. The van der Waals surface area contributed by atoms with Crippen LogP contribution in [0.25, 0.3) is 0 Å². The lowest BCUT2D eigenvalue weighted by Crippen LogP contribution is -2.36. The zero-order valence-electron chi connectivity index (χ0n) is 12.2. The Morgan fingerprint density at radius 2 is 1.50 bits per heavy atom. The van der Waals surface area contributed by atoms with E-state index < -0.39 is 36.4 Å². The second kappa shape index (κ2) is 6.65. The normalized spacial score (nSPS) is 14.9. The Morgan fingerprint density at radius 1 is 1.10 bits per heavy atom. The summed E-state index contributed by atoms with van der Waals surface area (Å²) < 4.78 is 64.8. The summed E-state index contributed by atoms with van der Waals surface area (Å²) in [6.45, 7) is 7.87. The molecule has 0 atom stereocenters. The molecule has 0 aliphatic rings. The maximum atomic E-state index is 12.5. The van der Waals surface area contributed by atoms with Gasteiger partial charge in [-0.05, 0) is 0 Å². The second-order valence-corrected chi connectivity index (χ2v) is 10.5. The number of Topliss-reactive ketones (excluding diaryl/α,β-unsaturated/α-hetero) is 1. The fourth-order valence-electron chi connectivity index (χ4n) is 1.62. The third-order valence-corrected chi connectivity index (χ3v) is 9.14. The minimum atomic E-state index is -5.71. The Bertz CT molecular complexity index is 433. The quantitative estimate of drug-likeness (QED) is 0.668. The van der Waals surface area contributed by atoms with Crippen LogP contribution in [0.15, 0.2) is 0 Å². The molecule has 0 fully saturated rings. The summed E-state index contributed by atoms with van der Waals surface area (Å²) in [5, 5.41) is -0.981.